The van der Waals surface area contributed by atoms with Crippen LogP contribution in [0, 0.1) is 5.82 Å². The monoisotopic (exact) mass is 335 g/mol. The number of hydrogen-bond donors (Lipinski definition) is 1. The van der Waals surface area contributed by atoms with Crippen LogP contribution in [0.5, 0.6) is 0 Å². The minimum absolute atomic E-state index is 0.125. The zero-order chi connectivity index (χ0) is 17.2. The zero-order valence-electron chi connectivity index (χ0n) is 14.0. The van der Waals surface area contributed by atoms with Gasteiger partial charge in [-0.25, -0.2) is 4.39 Å². The Morgan fingerprint density at radius 1 is 1.32 bits per heavy atom. The number of aryl methyl sites for hydroxylation is 1. The minimum atomic E-state index is -0.862. The molecule has 1 fully saturated rings. The van der Waals surface area contributed by atoms with Crippen molar-refractivity contribution in [1.82, 2.24) is 10.3 Å². The van der Waals surface area contributed by atoms with Gasteiger partial charge in [0, 0.05) is 18.9 Å². The topological polar surface area (TPSA) is 54.4 Å². The molecule has 1 spiro atoms. The number of rotatable bonds is 1. The Labute approximate surface area is 145 Å². The number of nitrogens with zero attached hydrogens (tertiary/aromatic N) is 2. The summed E-state index contributed by atoms with van der Waals surface area (Å²) >= 11 is 0. The fourth-order valence-electron chi connectivity index (χ4n) is 4.41. The number of carbonyl (C=O) groups excluding carboxylic acids is 1. The van der Waals surface area contributed by atoms with Gasteiger partial charge in [-0.15, -0.1) is 0 Å². The predicted octanol–water partition coefficient (Wildman–Crippen LogP) is 2.84. The Morgan fingerprint density at radius 2 is 2.16 bits per heavy atom. The van der Waals surface area contributed by atoms with Gasteiger partial charge >= 0.3 is 0 Å². The molecule has 0 bridgehead atoms. The Morgan fingerprint density at radius 3 is 2.92 bits per heavy atom. The largest absolute Gasteiger partial charge is 0.309 e. The highest BCUT2D eigenvalue weighted by molar-refractivity contribution is 6.17. The third kappa shape index (κ3) is 1.89. The molecule has 1 saturated carbocycles. The van der Waals surface area contributed by atoms with Gasteiger partial charge in [0.1, 0.15) is 17.1 Å². The lowest BCUT2D eigenvalue weighted by Gasteiger charge is -2.36. The summed E-state index contributed by atoms with van der Waals surface area (Å²) in [5.74, 6) is 0.317. The highest BCUT2D eigenvalue weighted by atomic mass is 19.1. The summed E-state index contributed by atoms with van der Waals surface area (Å²) in [5.41, 5.74) is 3.15. The summed E-state index contributed by atoms with van der Waals surface area (Å²) in [6.07, 6.45) is 5.26. The van der Waals surface area contributed by atoms with Gasteiger partial charge in [0.05, 0.1) is 5.56 Å². The first-order chi connectivity index (χ1) is 12.1. The quantitative estimate of drug-likeness (QED) is 0.871. The number of amidine groups is 1. The van der Waals surface area contributed by atoms with Crippen LogP contribution >= 0.6 is 0 Å². The SMILES string of the molecule is CN=C1NC(=O)[C@@]2(CCc3ncccc32)c2cc(C3CC3)cc(F)c21. The van der Waals surface area contributed by atoms with Crippen molar-refractivity contribution >= 4 is 11.7 Å². The zero-order valence-corrected chi connectivity index (χ0v) is 14.0. The van der Waals surface area contributed by atoms with Crippen molar-refractivity contribution in [3.8, 4) is 0 Å². The number of nitrogens with one attached hydrogen (secondary N) is 1. The summed E-state index contributed by atoms with van der Waals surface area (Å²) in [7, 11) is 1.58. The molecule has 1 amide bonds. The van der Waals surface area contributed by atoms with E-state index in [0.29, 0.717) is 23.7 Å². The number of carbonyl (C=O) groups is 1. The number of halogens is 1. The molecule has 4 nitrogen and oxygen atoms in total. The maximum absolute atomic E-state index is 15.0. The Kier molecular flexibility index (Phi) is 2.94. The van der Waals surface area contributed by atoms with E-state index in [2.05, 4.69) is 15.3 Å². The number of hydrogen-bond acceptors (Lipinski definition) is 3. The smallest absolute Gasteiger partial charge is 0.240 e. The molecule has 1 atom stereocenters. The van der Waals surface area contributed by atoms with E-state index in [-0.39, 0.29) is 11.7 Å². The van der Waals surface area contributed by atoms with E-state index in [1.807, 2.05) is 18.2 Å². The summed E-state index contributed by atoms with van der Waals surface area (Å²) in [6, 6.07) is 7.46. The van der Waals surface area contributed by atoms with E-state index >= 15 is 4.39 Å². The summed E-state index contributed by atoms with van der Waals surface area (Å²) < 4.78 is 15.0. The molecule has 2 aliphatic carbocycles. The molecule has 2 aromatic rings. The molecule has 0 unspecified atom stereocenters. The van der Waals surface area contributed by atoms with Crippen LogP contribution in [-0.4, -0.2) is 23.8 Å². The molecule has 3 aliphatic rings. The van der Waals surface area contributed by atoms with E-state index in [1.54, 1.807) is 19.3 Å². The second kappa shape index (κ2) is 4.97. The molecule has 0 saturated heterocycles. The average molecular weight is 335 g/mol. The Hall–Kier alpha value is -2.56. The highest BCUT2D eigenvalue weighted by Gasteiger charge is 2.52. The van der Waals surface area contributed by atoms with Crippen LogP contribution in [0.3, 0.4) is 0 Å². The van der Waals surface area contributed by atoms with E-state index < -0.39 is 5.41 Å². The van der Waals surface area contributed by atoms with Crippen LogP contribution in [0.1, 0.15) is 53.1 Å². The van der Waals surface area contributed by atoms with Crippen molar-refractivity contribution in [3.05, 3.63) is 64.2 Å². The number of benzene rings is 1. The highest BCUT2D eigenvalue weighted by Crippen LogP contribution is 2.49. The van der Waals surface area contributed by atoms with Gasteiger partial charge in [0.15, 0.2) is 0 Å². The lowest BCUT2D eigenvalue weighted by atomic mass is 9.70. The van der Waals surface area contributed by atoms with E-state index in [9.17, 15) is 4.79 Å². The molecule has 1 aromatic heterocycles. The second-order valence-corrected chi connectivity index (χ2v) is 7.13. The van der Waals surface area contributed by atoms with Crippen LogP contribution in [0.25, 0.3) is 0 Å². The van der Waals surface area contributed by atoms with Crippen molar-refractivity contribution in [2.45, 2.75) is 37.0 Å². The lowest BCUT2D eigenvalue weighted by molar-refractivity contribution is -0.124. The van der Waals surface area contributed by atoms with Gasteiger partial charge in [-0.3, -0.25) is 14.8 Å². The Bertz CT molecular complexity index is 948. The van der Waals surface area contributed by atoms with Gasteiger partial charge < -0.3 is 5.32 Å². The molecule has 1 N–H and O–H groups in total. The Balaban J connectivity index is 1.84. The van der Waals surface area contributed by atoms with Gasteiger partial charge in [-0.05, 0) is 60.4 Å². The fraction of sp³-hybridized carbons (Fsp3) is 0.350. The molecule has 25 heavy (non-hydrogen) atoms. The third-order valence-corrected chi connectivity index (χ3v) is 5.79. The molecular formula is C20H18FN3O. The van der Waals surface area contributed by atoms with Crippen molar-refractivity contribution in [2.24, 2.45) is 4.99 Å². The number of amides is 1. The first-order valence-corrected chi connectivity index (χ1v) is 8.72. The number of aliphatic imine (C=N–C) groups is 1. The first kappa shape index (κ1) is 14.8. The van der Waals surface area contributed by atoms with Crippen LogP contribution < -0.4 is 5.32 Å². The molecule has 1 aromatic carbocycles. The first-order valence-electron chi connectivity index (χ1n) is 8.72. The molecule has 0 radical (unpaired) electrons. The number of pyridine rings is 1. The summed E-state index contributed by atoms with van der Waals surface area (Å²) in [4.78, 5) is 21.8. The second-order valence-electron chi connectivity index (χ2n) is 7.13. The van der Waals surface area contributed by atoms with Gasteiger partial charge in [0.2, 0.25) is 5.91 Å². The van der Waals surface area contributed by atoms with Gasteiger partial charge in [-0.2, -0.15) is 0 Å². The van der Waals surface area contributed by atoms with Crippen LogP contribution in [0.2, 0.25) is 0 Å². The molecule has 1 aliphatic heterocycles. The van der Waals surface area contributed by atoms with Gasteiger partial charge in [0.25, 0.3) is 0 Å². The minimum Gasteiger partial charge on any atom is -0.309 e. The fourth-order valence-corrected chi connectivity index (χ4v) is 4.41. The molecule has 5 rings (SSSR count). The standard InChI is InChI=1S/C20H18FN3O/c1-22-18-17-14(9-12(10-15(17)21)11-4-5-11)20(19(25)24-18)7-6-16-13(20)3-2-8-23-16/h2-3,8-11H,4-7H2,1H3,(H,22,24,25)/t20-/m1/s1. The summed E-state index contributed by atoms with van der Waals surface area (Å²) in [6.45, 7) is 0. The predicted molar refractivity (Wildman–Crippen MR) is 92.3 cm³/mol. The number of fused-ring (bicyclic) bond motifs is 4. The number of aromatic nitrogens is 1. The van der Waals surface area contributed by atoms with Crippen molar-refractivity contribution < 1.29 is 9.18 Å². The van der Waals surface area contributed by atoms with Crippen LogP contribution in [0.4, 0.5) is 4.39 Å². The van der Waals surface area contributed by atoms with Gasteiger partial charge in [-0.1, -0.05) is 12.1 Å². The normalized spacial score (nSPS) is 25.8. The molecular weight excluding hydrogens is 317 g/mol. The maximum Gasteiger partial charge on any atom is 0.240 e. The lowest BCUT2D eigenvalue weighted by Crippen LogP contribution is -2.52. The van der Waals surface area contributed by atoms with Crippen LogP contribution in [0.15, 0.2) is 35.5 Å². The summed E-state index contributed by atoms with van der Waals surface area (Å²) in [5, 5.41) is 2.84. The van der Waals surface area contributed by atoms with E-state index in [1.165, 1.54) is 0 Å². The van der Waals surface area contributed by atoms with Crippen molar-refractivity contribution in [2.75, 3.05) is 7.05 Å². The molecule has 126 valence electrons. The third-order valence-electron chi connectivity index (χ3n) is 5.79. The van der Waals surface area contributed by atoms with Crippen molar-refractivity contribution in [1.29, 1.82) is 0 Å². The molecule has 2 heterocycles. The van der Waals surface area contributed by atoms with Crippen molar-refractivity contribution in [3.63, 3.8) is 0 Å². The molecule has 5 heteroatoms. The average Bonchev–Trinajstić information content (AvgIpc) is 3.40. The van der Waals surface area contributed by atoms with E-state index in [0.717, 1.165) is 41.6 Å². The maximum atomic E-state index is 15.0. The van der Waals surface area contributed by atoms with E-state index in [4.69, 9.17) is 0 Å². The van der Waals surface area contributed by atoms with Crippen LogP contribution in [-0.2, 0) is 16.6 Å².